The number of nitrogens with zero attached hydrogens (tertiary/aromatic N) is 1. The minimum atomic E-state index is 0.691. The fourth-order valence-electron chi connectivity index (χ4n) is 1.89. The molecule has 1 N–H and O–H groups in total. The molecule has 2 nitrogen and oxygen atoms in total. The van der Waals surface area contributed by atoms with Crippen LogP contribution in [0.5, 0.6) is 0 Å². The van der Waals surface area contributed by atoms with Crippen molar-refractivity contribution in [3.8, 4) is 6.07 Å². The molecule has 0 fully saturated rings. The number of rotatable bonds is 4. The van der Waals surface area contributed by atoms with E-state index in [2.05, 4.69) is 23.5 Å². The third-order valence-electron chi connectivity index (χ3n) is 2.95. The molecular formula is C17H16N2. The highest BCUT2D eigenvalue weighted by Crippen LogP contribution is 2.16. The first-order valence-electron chi connectivity index (χ1n) is 6.25. The normalized spacial score (nSPS) is 11.4. The Morgan fingerprint density at radius 2 is 1.58 bits per heavy atom. The molecule has 0 atom stereocenters. The second-order valence-electron chi connectivity index (χ2n) is 4.32. The van der Waals surface area contributed by atoms with E-state index in [1.54, 1.807) is 0 Å². The zero-order valence-electron chi connectivity index (χ0n) is 10.9. The van der Waals surface area contributed by atoms with Crippen LogP contribution >= 0.6 is 0 Å². The molecule has 2 rings (SSSR count). The molecule has 2 heteroatoms. The Balaban J connectivity index is 2.14. The Morgan fingerprint density at radius 3 is 2.16 bits per heavy atom. The summed E-state index contributed by atoms with van der Waals surface area (Å²) in [5, 5.41) is 12.6. The van der Waals surface area contributed by atoms with Crippen molar-refractivity contribution in [2.75, 3.05) is 0 Å². The minimum Gasteiger partial charge on any atom is -0.383 e. The number of benzene rings is 2. The Kier molecular flexibility index (Phi) is 4.36. The summed E-state index contributed by atoms with van der Waals surface area (Å²) in [7, 11) is 0. The lowest BCUT2D eigenvalue weighted by Gasteiger charge is -2.09. The van der Waals surface area contributed by atoms with E-state index in [9.17, 15) is 5.26 Å². The van der Waals surface area contributed by atoms with Crippen LogP contribution in [0.25, 0.3) is 5.57 Å². The third kappa shape index (κ3) is 3.46. The van der Waals surface area contributed by atoms with Gasteiger partial charge in [-0.2, -0.15) is 5.26 Å². The van der Waals surface area contributed by atoms with Crippen LogP contribution in [-0.2, 0) is 6.54 Å². The maximum absolute atomic E-state index is 9.30. The van der Waals surface area contributed by atoms with Gasteiger partial charge in [-0.15, -0.1) is 0 Å². The third-order valence-corrected chi connectivity index (χ3v) is 2.95. The molecule has 0 amide bonds. The van der Waals surface area contributed by atoms with Crippen LogP contribution in [-0.4, -0.2) is 0 Å². The van der Waals surface area contributed by atoms with Gasteiger partial charge in [0.15, 0.2) is 0 Å². The van der Waals surface area contributed by atoms with E-state index in [1.165, 1.54) is 5.56 Å². The first-order chi connectivity index (χ1) is 9.31. The van der Waals surface area contributed by atoms with Crippen LogP contribution in [0, 0.1) is 11.3 Å². The van der Waals surface area contributed by atoms with E-state index < -0.39 is 0 Å². The van der Waals surface area contributed by atoms with Gasteiger partial charge in [0.2, 0.25) is 0 Å². The zero-order valence-corrected chi connectivity index (χ0v) is 10.9. The lowest BCUT2D eigenvalue weighted by atomic mass is 10.1. The number of nitrogens with one attached hydrogen (secondary N) is 1. The lowest BCUT2D eigenvalue weighted by Crippen LogP contribution is -2.12. The van der Waals surface area contributed by atoms with Gasteiger partial charge >= 0.3 is 0 Å². The average molecular weight is 248 g/mol. The van der Waals surface area contributed by atoms with Crippen LogP contribution in [0.1, 0.15) is 18.1 Å². The van der Waals surface area contributed by atoms with Gasteiger partial charge in [-0.1, -0.05) is 60.7 Å². The van der Waals surface area contributed by atoms with Gasteiger partial charge in [0.1, 0.15) is 6.07 Å². The predicted molar refractivity (Wildman–Crippen MR) is 77.9 cm³/mol. The summed E-state index contributed by atoms with van der Waals surface area (Å²) >= 11 is 0. The van der Waals surface area contributed by atoms with E-state index in [0.717, 1.165) is 17.8 Å². The van der Waals surface area contributed by atoms with Crippen molar-refractivity contribution in [1.82, 2.24) is 5.32 Å². The summed E-state index contributed by atoms with van der Waals surface area (Å²) in [5.41, 5.74) is 3.74. The molecule has 19 heavy (non-hydrogen) atoms. The maximum atomic E-state index is 9.30. The summed E-state index contributed by atoms with van der Waals surface area (Å²) < 4.78 is 0. The standard InChI is InChI=1S/C17H16N2/c1-14(19-13-15-8-4-2-5-9-15)17(12-18)16-10-6-3-7-11-16/h2-11,19H,13H2,1H3/b17-14+. The van der Waals surface area contributed by atoms with Gasteiger partial charge in [0, 0.05) is 12.2 Å². The number of nitriles is 1. The topological polar surface area (TPSA) is 35.8 Å². The van der Waals surface area contributed by atoms with Crippen molar-refractivity contribution >= 4 is 5.57 Å². The molecule has 0 heterocycles. The van der Waals surface area contributed by atoms with E-state index in [1.807, 2.05) is 55.5 Å². The molecule has 0 aliphatic heterocycles. The molecule has 0 radical (unpaired) electrons. The lowest BCUT2D eigenvalue weighted by molar-refractivity contribution is 0.815. The van der Waals surface area contributed by atoms with Gasteiger partial charge in [-0.3, -0.25) is 0 Å². The molecule has 0 bridgehead atoms. The van der Waals surface area contributed by atoms with E-state index in [0.29, 0.717) is 5.57 Å². The molecule has 94 valence electrons. The van der Waals surface area contributed by atoms with Crippen LogP contribution in [0.4, 0.5) is 0 Å². The minimum absolute atomic E-state index is 0.691. The van der Waals surface area contributed by atoms with Crippen LogP contribution in [0.3, 0.4) is 0 Å². The van der Waals surface area contributed by atoms with E-state index in [4.69, 9.17) is 0 Å². The molecule has 0 spiro atoms. The number of allylic oxidation sites excluding steroid dienone is 2. The summed E-state index contributed by atoms with van der Waals surface area (Å²) in [4.78, 5) is 0. The van der Waals surface area contributed by atoms with Crippen molar-refractivity contribution in [2.45, 2.75) is 13.5 Å². The average Bonchev–Trinajstić information content (AvgIpc) is 2.48. The molecule has 0 saturated carbocycles. The fraction of sp³-hybridized carbons (Fsp3) is 0.118. The van der Waals surface area contributed by atoms with E-state index >= 15 is 0 Å². The highest BCUT2D eigenvalue weighted by Gasteiger charge is 2.04. The van der Waals surface area contributed by atoms with Gasteiger partial charge < -0.3 is 5.32 Å². The van der Waals surface area contributed by atoms with Crippen LogP contribution in [0.2, 0.25) is 0 Å². The van der Waals surface area contributed by atoms with Crippen molar-refractivity contribution in [3.05, 3.63) is 77.5 Å². The summed E-state index contributed by atoms with van der Waals surface area (Å²) in [6, 6.07) is 22.2. The van der Waals surface area contributed by atoms with Crippen LogP contribution in [0.15, 0.2) is 66.4 Å². The van der Waals surface area contributed by atoms with Gasteiger partial charge in [-0.05, 0) is 18.1 Å². The Bertz CT molecular complexity index is 592. The second kappa shape index (κ2) is 6.42. The molecule has 0 aliphatic carbocycles. The zero-order chi connectivity index (χ0) is 13.5. The molecule has 0 unspecified atom stereocenters. The van der Waals surface area contributed by atoms with Crippen molar-refractivity contribution in [1.29, 1.82) is 5.26 Å². The maximum Gasteiger partial charge on any atom is 0.102 e. The summed E-state index contributed by atoms with van der Waals surface area (Å²) in [6.07, 6.45) is 0. The first-order valence-corrected chi connectivity index (χ1v) is 6.25. The molecule has 0 saturated heterocycles. The second-order valence-corrected chi connectivity index (χ2v) is 4.32. The molecular weight excluding hydrogens is 232 g/mol. The van der Waals surface area contributed by atoms with Crippen molar-refractivity contribution in [2.24, 2.45) is 0 Å². The van der Waals surface area contributed by atoms with E-state index in [-0.39, 0.29) is 0 Å². The predicted octanol–water partition coefficient (Wildman–Crippen LogP) is 3.73. The summed E-state index contributed by atoms with van der Waals surface area (Å²) in [5.74, 6) is 0. The molecule has 2 aromatic carbocycles. The quantitative estimate of drug-likeness (QED) is 0.837. The highest BCUT2D eigenvalue weighted by molar-refractivity contribution is 5.78. The Hall–Kier alpha value is -2.53. The monoisotopic (exact) mass is 248 g/mol. The molecule has 0 aromatic heterocycles. The highest BCUT2D eigenvalue weighted by atomic mass is 14.9. The fourth-order valence-corrected chi connectivity index (χ4v) is 1.89. The summed E-state index contributed by atoms with van der Waals surface area (Å²) in [6.45, 7) is 2.67. The number of hydrogen-bond acceptors (Lipinski definition) is 2. The van der Waals surface area contributed by atoms with Gasteiger partial charge in [0.05, 0.1) is 5.57 Å². The molecule has 2 aromatic rings. The Labute approximate surface area is 114 Å². The van der Waals surface area contributed by atoms with Crippen LogP contribution < -0.4 is 5.32 Å². The number of hydrogen-bond donors (Lipinski definition) is 1. The first kappa shape index (κ1) is 12.9. The SMILES string of the molecule is C/C(NCc1ccccc1)=C(/C#N)c1ccccc1. The van der Waals surface area contributed by atoms with Crippen molar-refractivity contribution in [3.63, 3.8) is 0 Å². The van der Waals surface area contributed by atoms with Gasteiger partial charge in [-0.25, -0.2) is 0 Å². The largest absolute Gasteiger partial charge is 0.383 e. The Morgan fingerprint density at radius 1 is 1.00 bits per heavy atom. The smallest absolute Gasteiger partial charge is 0.102 e. The molecule has 0 aliphatic rings. The van der Waals surface area contributed by atoms with Gasteiger partial charge in [0.25, 0.3) is 0 Å². The van der Waals surface area contributed by atoms with Crippen molar-refractivity contribution < 1.29 is 0 Å².